The molecule has 0 saturated carbocycles. The van der Waals surface area contributed by atoms with Crippen LogP contribution < -0.4 is 10.1 Å². The molecule has 1 N–H and O–H groups in total. The van der Waals surface area contributed by atoms with Crippen LogP contribution in [0.15, 0.2) is 42.5 Å². The molecule has 0 heterocycles. The van der Waals surface area contributed by atoms with Gasteiger partial charge in [0.1, 0.15) is 5.75 Å². The van der Waals surface area contributed by atoms with Crippen LogP contribution in [0, 0.1) is 0 Å². The molecule has 3 rings (SSSR count). The molecule has 5 heteroatoms. The van der Waals surface area contributed by atoms with Gasteiger partial charge in [0.2, 0.25) is 5.91 Å². The topological polar surface area (TPSA) is 41.6 Å². The predicted octanol–water partition coefficient (Wildman–Crippen LogP) is 4.30. The van der Waals surface area contributed by atoms with Crippen LogP contribution in [-0.2, 0) is 11.2 Å². The summed E-state index contributed by atoms with van der Waals surface area (Å²) in [5.41, 5.74) is 3.32. The number of rotatable bonds is 5. The molecule has 25 heavy (non-hydrogen) atoms. The minimum atomic E-state index is -0.0777. The van der Waals surface area contributed by atoms with Crippen LogP contribution in [0.4, 0.5) is 5.69 Å². The number of nitrogens with zero attached hydrogens (tertiary/aromatic N) is 1. The van der Waals surface area contributed by atoms with Crippen molar-refractivity contribution in [3.05, 3.63) is 58.6 Å². The highest BCUT2D eigenvalue weighted by Gasteiger charge is 2.24. The van der Waals surface area contributed by atoms with E-state index in [4.69, 9.17) is 16.3 Å². The first kappa shape index (κ1) is 17.8. The number of anilines is 1. The second kappa shape index (κ2) is 7.89. The minimum Gasteiger partial charge on any atom is -0.495 e. The fourth-order valence-corrected chi connectivity index (χ4v) is 3.66. The largest absolute Gasteiger partial charge is 0.495 e. The van der Waals surface area contributed by atoms with E-state index in [1.807, 2.05) is 7.05 Å². The number of halogens is 1. The van der Waals surface area contributed by atoms with Gasteiger partial charge in [0.05, 0.1) is 19.3 Å². The smallest absolute Gasteiger partial charge is 0.238 e. The first-order chi connectivity index (χ1) is 12.1. The summed E-state index contributed by atoms with van der Waals surface area (Å²) in [7, 11) is 3.57. The molecule has 0 fully saturated rings. The Kier molecular flexibility index (Phi) is 5.61. The Balaban J connectivity index is 1.69. The molecule has 0 bridgehead atoms. The minimum absolute atomic E-state index is 0.0777. The maximum Gasteiger partial charge on any atom is 0.238 e. The lowest BCUT2D eigenvalue weighted by molar-refractivity contribution is -0.117. The maximum atomic E-state index is 12.5. The first-order valence-electron chi connectivity index (χ1n) is 8.50. The Morgan fingerprint density at radius 2 is 2.12 bits per heavy atom. The number of nitrogens with one attached hydrogen (secondary N) is 1. The van der Waals surface area contributed by atoms with Gasteiger partial charge in [0, 0.05) is 11.1 Å². The van der Waals surface area contributed by atoms with Crippen molar-refractivity contribution < 1.29 is 9.53 Å². The molecule has 1 aliphatic carbocycles. The SMILES string of the molecule is COc1ccc(Cl)cc1NC(=O)CN(C)[C@@H]1CCCc2ccccc21. The monoisotopic (exact) mass is 358 g/mol. The van der Waals surface area contributed by atoms with Gasteiger partial charge >= 0.3 is 0 Å². The Bertz CT molecular complexity index is 763. The zero-order valence-corrected chi connectivity index (χ0v) is 15.3. The number of likely N-dealkylation sites (N-methyl/N-ethyl adjacent to an activating group) is 1. The zero-order chi connectivity index (χ0) is 17.8. The summed E-state index contributed by atoms with van der Waals surface area (Å²) in [6.07, 6.45) is 3.34. The van der Waals surface area contributed by atoms with Gasteiger partial charge in [-0.3, -0.25) is 9.69 Å². The van der Waals surface area contributed by atoms with Crippen molar-refractivity contribution >= 4 is 23.2 Å². The summed E-state index contributed by atoms with van der Waals surface area (Å²) in [5.74, 6) is 0.523. The number of fused-ring (bicyclic) bond motifs is 1. The van der Waals surface area contributed by atoms with E-state index < -0.39 is 0 Å². The molecule has 0 aliphatic heterocycles. The van der Waals surface area contributed by atoms with Gasteiger partial charge < -0.3 is 10.1 Å². The molecular weight excluding hydrogens is 336 g/mol. The molecule has 4 nitrogen and oxygen atoms in total. The van der Waals surface area contributed by atoms with Crippen LogP contribution in [0.25, 0.3) is 0 Å². The number of ether oxygens (including phenoxy) is 1. The van der Waals surface area contributed by atoms with Gasteiger partial charge in [0.15, 0.2) is 0 Å². The predicted molar refractivity (Wildman–Crippen MR) is 101 cm³/mol. The van der Waals surface area contributed by atoms with Crippen molar-refractivity contribution in [2.24, 2.45) is 0 Å². The number of hydrogen-bond donors (Lipinski definition) is 1. The Labute approximate surface area is 153 Å². The average Bonchev–Trinajstić information content (AvgIpc) is 2.61. The number of carbonyl (C=O) groups is 1. The highest BCUT2D eigenvalue weighted by molar-refractivity contribution is 6.31. The molecule has 0 aromatic heterocycles. The summed E-state index contributed by atoms with van der Waals surface area (Å²) in [5, 5.41) is 3.47. The summed E-state index contributed by atoms with van der Waals surface area (Å²) in [6.45, 7) is 0.314. The van der Waals surface area contributed by atoms with Gasteiger partial charge in [0.25, 0.3) is 0 Å². The zero-order valence-electron chi connectivity index (χ0n) is 14.6. The molecule has 2 aromatic carbocycles. The van der Waals surface area contributed by atoms with Crippen molar-refractivity contribution in [1.29, 1.82) is 0 Å². The molecule has 2 aromatic rings. The summed E-state index contributed by atoms with van der Waals surface area (Å²) in [6, 6.07) is 14.0. The number of amides is 1. The molecule has 0 radical (unpaired) electrons. The molecule has 132 valence electrons. The van der Waals surface area contributed by atoms with Crippen LogP contribution in [0.2, 0.25) is 5.02 Å². The van der Waals surface area contributed by atoms with E-state index in [1.165, 1.54) is 11.1 Å². The standard InChI is InChI=1S/C20H23ClN2O2/c1-23(18-9-5-7-14-6-3-4-8-16(14)18)13-20(24)22-17-12-15(21)10-11-19(17)25-2/h3-4,6,8,10-12,18H,5,7,9,13H2,1-2H3,(H,22,24)/t18-/m1/s1. The summed E-state index contributed by atoms with van der Waals surface area (Å²) in [4.78, 5) is 14.6. The second-order valence-electron chi connectivity index (χ2n) is 6.41. The second-order valence-corrected chi connectivity index (χ2v) is 6.85. The van der Waals surface area contributed by atoms with Gasteiger partial charge in [-0.15, -0.1) is 0 Å². The Morgan fingerprint density at radius 1 is 1.32 bits per heavy atom. The molecule has 1 amide bonds. The highest BCUT2D eigenvalue weighted by Crippen LogP contribution is 2.33. The molecule has 0 saturated heterocycles. The normalized spacial score (nSPS) is 16.4. The average molecular weight is 359 g/mol. The van der Waals surface area contributed by atoms with Gasteiger partial charge in [-0.2, -0.15) is 0 Å². The van der Waals surface area contributed by atoms with Crippen LogP contribution in [-0.4, -0.2) is 31.5 Å². The lowest BCUT2D eigenvalue weighted by atomic mass is 9.87. The van der Waals surface area contributed by atoms with Crippen molar-refractivity contribution in [3.63, 3.8) is 0 Å². The number of hydrogen-bond acceptors (Lipinski definition) is 3. The molecule has 1 aliphatic rings. The van der Waals surface area contributed by atoms with Crippen LogP contribution >= 0.6 is 11.6 Å². The molecule has 0 unspecified atom stereocenters. The molecule has 0 spiro atoms. The van der Waals surface area contributed by atoms with Crippen LogP contribution in [0.3, 0.4) is 0 Å². The number of methoxy groups -OCH3 is 1. The third-order valence-corrected chi connectivity index (χ3v) is 4.93. The quantitative estimate of drug-likeness (QED) is 0.866. The van der Waals surface area contributed by atoms with Gasteiger partial charge in [-0.1, -0.05) is 35.9 Å². The summed E-state index contributed by atoms with van der Waals surface area (Å²) >= 11 is 6.02. The third kappa shape index (κ3) is 4.14. The van der Waals surface area contributed by atoms with E-state index in [0.29, 0.717) is 23.0 Å². The molecular formula is C20H23ClN2O2. The maximum absolute atomic E-state index is 12.5. The van der Waals surface area contributed by atoms with E-state index >= 15 is 0 Å². The lowest BCUT2D eigenvalue weighted by Crippen LogP contribution is -2.35. The third-order valence-electron chi connectivity index (χ3n) is 4.70. The van der Waals surface area contributed by atoms with Crippen molar-refractivity contribution in [2.75, 3.05) is 26.0 Å². The Hall–Kier alpha value is -2.04. The number of carbonyl (C=O) groups excluding carboxylic acids is 1. The fourth-order valence-electron chi connectivity index (χ4n) is 3.49. The summed E-state index contributed by atoms with van der Waals surface area (Å²) < 4.78 is 5.28. The van der Waals surface area contributed by atoms with E-state index in [-0.39, 0.29) is 11.9 Å². The molecule has 1 atom stereocenters. The van der Waals surface area contributed by atoms with Gasteiger partial charge in [-0.25, -0.2) is 0 Å². The van der Waals surface area contributed by atoms with Gasteiger partial charge in [-0.05, 0) is 55.6 Å². The fraction of sp³-hybridized carbons (Fsp3) is 0.350. The van der Waals surface area contributed by atoms with Crippen LogP contribution in [0.5, 0.6) is 5.75 Å². The lowest BCUT2D eigenvalue weighted by Gasteiger charge is -2.32. The van der Waals surface area contributed by atoms with Crippen LogP contribution in [0.1, 0.15) is 30.0 Å². The van der Waals surface area contributed by atoms with E-state index in [2.05, 4.69) is 34.5 Å². The number of benzene rings is 2. The Morgan fingerprint density at radius 3 is 2.92 bits per heavy atom. The first-order valence-corrected chi connectivity index (χ1v) is 8.87. The number of aryl methyl sites for hydroxylation is 1. The van der Waals surface area contributed by atoms with E-state index in [9.17, 15) is 4.79 Å². The van der Waals surface area contributed by atoms with Crippen molar-refractivity contribution in [1.82, 2.24) is 4.90 Å². The highest BCUT2D eigenvalue weighted by atomic mass is 35.5. The van der Waals surface area contributed by atoms with E-state index in [0.717, 1.165) is 19.3 Å². The van der Waals surface area contributed by atoms with Crippen molar-refractivity contribution in [3.8, 4) is 5.75 Å². The van der Waals surface area contributed by atoms with E-state index in [1.54, 1.807) is 25.3 Å². The van der Waals surface area contributed by atoms with Crippen molar-refractivity contribution in [2.45, 2.75) is 25.3 Å².